The van der Waals surface area contributed by atoms with Crippen LogP contribution in [0.3, 0.4) is 0 Å². The summed E-state index contributed by atoms with van der Waals surface area (Å²) >= 11 is 0. The van der Waals surface area contributed by atoms with Crippen molar-refractivity contribution in [2.75, 3.05) is 11.9 Å². The number of rotatable bonds is 5. The first-order valence-corrected chi connectivity index (χ1v) is 7.29. The predicted molar refractivity (Wildman–Crippen MR) is 87.2 cm³/mol. The average molecular weight is 299 g/mol. The number of benzene rings is 1. The maximum atomic E-state index is 12.0. The lowest BCUT2D eigenvalue weighted by molar-refractivity contribution is 0.251. The highest BCUT2D eigenvalue weighted by Gasteiger charge is 2.07. The fourth-order valence-electron chi connectivity index (χ4n) is 2.12. The molecule has 0 spiro atoms. The number of amides is 2. The highest BCUT2D eigenvalue weighted by molar-refractivity contribution is 5.90. The van der Waals surface area contributed by atoms with Gasteiger partial charge in [0.15, 0.2) is 0 Å². The van der Waals surface area contributed by atoms with Crippen LogP contribution >= 0.6 is 0 Å². The second-order valence-electron chi connectivity index (χ2n) is 5.03. The van der Waals surface area contributed by atoms with Gasteiger partial charge in [0.2, 0.25) is 5.88 Å². The molecule has 0 atom stereocenters. The van der Waals surface area contributed by atoms with Crippen LogP contribution in [-0.2, 0) is 6.54 Å². The van der Waals surface area contributed by atoms with Crippen LogP contribution in [0.1, 0.15) is 23.6 Å². The molecule has 116 valence electrons. The van der Waals surface area contributed by atoms with Gasteiger partial charge < -0.3 is 15.4 Å². The van der Waals surface area contributed by atoms with E-state index in [0.717, 1.165) is 16.8 Å². The van der Waals surface area contributed by atoms with E-state index < -0.39 is 0 Å². The number of pyridine rings is 1. The number of nitrogens with one attached hydrogen (secondary N) is 2. The maximum Gasteiger partial charge on any atom is 0.319 e. The molecule has 1 aromatic heterocycles. The number of hydrogen-bond acceptors (Lipinski definition) is 3. The Morgan fingerprint density at radius 2 is 2.09 bits per heavy atom. The van der Waals surface area contributed by atoms with E-state index in [4.69, 9.17) is 4.74 Å². The molecule has 22 heavy (non-hydrogen) atoms. The first-order valence-electron chi connectivity index (χ1n) is 7.29. The van der Waals surface area contributed by atoms with Gasteiger partial charge in [-0.3, -0.25) is 0 Å². The Hall–Kier alpha value is -2.56. The molecule has 0 saturated carbocycles. The highest BCUT2D eigenvalue weighted by atomic mass is 16.5. The first kappa shape index (κ1) is 15.8. The molecule has 2 N–H and O–H groups in total. The van der Waals surface area contributed by atoms with Crippen molar-refractivity contribution in [1.82, 2.24) is 10.3 Å². The van der Waals surface area contributed by atoms with Crippen LogP contribution in [0.25, 0.3) is 0 Å². The van der Waals surface area contributed by atoms with Crippen molar-refractivity contribution < 1.29 is 9.53 Å². The molecule has 1 heterocycles. The lowest BCUT2D eigenvalue weighted by Gasteiger charge is -2.12. The Kier molecular flexibility index (Phi) is 5.36. The standard InChI is InChI=1S/C17H21N3O2/c1-4-22-16-14(6-5-9-18-16)11-19-17(21)20-15-8-7-12(2)10-13(15)3/h5-10H,4,11H2,1-3H3,(H2,19,20,21). The molecule has 2 rings (SSSR count). The van der Waals surface area contributed by atoms with E-state index in [2.05, 4.69) is 15.6 Å². The molecule has 0 saturated heterocycles. The number of hydrogen-bond donors (Lipinski definition) is 2. The van der Waals surface area contributed by atoms with E-state index in [9.17, 15) is 4.79 Å². The van der Waals surface area contributed by atoms with Crippen molar-refractivity contribution >= 4 is 11.7 Å². The largest absolute Gasteiger partial charge is 0.478 e. The molecule has 0 unspecified atom stereocenters. The molecule has 1 aromatic carbocycles. The van der Waals surface area contributed by atoms with Crippen molar-refractivity contribution in [3.05, 3.63) is 53.2 Å². The Morgan fingerprint density at radius 3 is 2.82 bits per heavy atom. The Bertz CT molecular complexity index is 656. The van der Waals surface area contributed by atoms with Gasteiger partial charge in [-0.05, 0) is 38.5 Å². The molecule has 5 heteroatoms. The van der Waals surface area contributed by atoms with Gasteiger partial charge in [0.1, 0.15) is 0 Å². The fraction of sp³-hybridized carbons (Fsp3) is 0.294. The normalized spacial score (nSPS) is 10.1. The third-order valence-electron chi connectivity index (χ3n) is 3.20. The number of urea groups is 1. The number of nitrogens with zero attached hydrogens (tertiary/aromatic N) is 1. The Labute approximate surface area is 130 Å². The van der Waals surface area contributed by atoms with Gasteiger partial charge in [-0.2, -0.15) is 0 Å². The van der Waals surface area contributed by atoms with Gasteiger partial charge >= 0.3 is 6.03 Å². The average Bonchev–Trinajstić information content (AvgIpc) is 2.49. The SMILES string of the molecule is CCOc1ncccc1CNC(=O)Nc1ccc(C)cc1C. The molecular formula is C17H21N3O2. The number of ether oxygens (including phenoxy) is 1. The van der Waals surface area contributed by atoms with Crippen LogP contribution in [0.5, 0.6) is 5.88 Å². The van der Waals surface area contributed by atoms with Gasteiger partial charge in [-0.15, -0.1) is 0 Å². The monoisotopic (exact) mass is 299 g/mol. The van der Waals surface area contributed by atoms with E-state index in [1.165, 1.54) is 5.56 Å². The van der Waals surface area contributed by atoms with Crippen molar-refractivity contribution in [2.24, 2.45) is 0 Å². The van der Waals surface area contributed by atoms with E-state index in [-0.39, 0.29) is 6.03 Å². The van der Waals surface area contributed by atoms with E-state index in [1.807, 2.05) is 51.1 Å². The van der Waals surface area contributed by atoms with Crippen LogP contribution in [-0.4, -0.2) is 17.6 Å². The van der Waals surface area contributed by atoms with Crippen LogP contribution in [0.4, 0.5) is 10.5 Å². The van der Waals surface area contributed by atoms with Crippen molar-refractivity contribution in [3.8, 4) is 5.88 Å². The summed E-state index contributed by atoms with van der Waals surface area (Å²) in [5.74, 6) is 0.553. The summed E-state index contributed by atoms with van der Waals surface area (Å²) < 4.78 is 5.44. The van der Waals surface area contributed by atoms with Crippen LogP contribution in [0.15, 0.2) is 36.5 Å². The second-order valence-corrected chi connectivity index (χ2v) is 5.03. The molecule has 0 bridgehead atoms. The Balaban J connectivity index is 1.95. The van der Waals surface area contributed by atoms with Crippen molar-refractivity contribution in [3.63, 3.8) is 0 Å². The fourth-order valence-corrected chi connectivity index (χ4v) is 2.12. The number of aromatic nitrogens is 1. The summed E-state index contributed by atoms with van der Waals surface area (Å²) in [6, 6.07) is 9.36. The van der Waals surface area contributed by atoms with Gasteiger partial charge in [-0.1, -0.05) is 23.8 Å². The molecule has 5 nitrogen and oxygen atoms in total. The zero-order valence-corrected chi connectivity index (χ0v) is 13.1. The van der Waals surface area contributed by atoms with Gasteiger partial charge in [0.05, 0.1) is 6.61 Å². The number of carbonyl (C=O) groups excluding carboxylic acids is 1. The lowest BCUT2D eigenvalue weighted by atomic mass is 10.1. The minimum Gasteiger partial charge on any atom is -0.478 e. The zero-order chi connectivity index (χ0) is 15.9. The van der Waals surface area contributed by atoms with E-state index in [0.29, 0.717) is 19.0 Å². The quantitative estimate of drug-likeness (QED) is 0.889. The van der Waals surface area contributed by atoms with Crippen molar-refractivity contribution in [2.45, 2.75) is 27.3 Å². The van der Waals surface area contributed by atoms with E-state index in [1.54, 1.807) is 6.20 Å². The third-order valence-corrected chi connectivity index (χ3v) is 3.20. The van der Waals surface area contributed by atoms with Crippen LogP contribution in [0, 0.1) is 13.8 Å². The number of carbonyl (C=O) groups is 1. The molecule has 0 fully saturated rings. The molecule has 0 aliphatic rings. The summed E-state index contributed by atoms with van der Waals surface area (Å²) in [5.41, 5.74) is 3.85. The van der Waals surface area contributed by atoms with Gasteiger partial charge in [0, 0.05) is 24.0 Å². The molecular weight excluding hydrogens is 278 g/mol. The highest BCUT2D eigenvalue weighted by Crippen LogP contribution is 2.16. The predicted octanol–water partition coefficient (Wildman–Crippen LogP) is 3.42. The van der Waals surface area contributed by atoms with Crippen molar-refractivity contribution in [1.29, 1.82) is 0 Å². The third kappa shape index (κ3) is 4.22. The Morgan fingerprint density at radius 1 is 1.27 bits per heavy atom. The summed E-state index contributed by atoms with van der Waals surface area (Å²) in [6.45, 7) is 6.79. The minimum absolute atomic E-state index is 0.252. The summed E-state index contributed by atoms with van der Waals surface area (Å²) in [6.07, 6.45) is 1.67. The van der Waals surface area contributed by atoms with Gasteiger partial charge in [0.25, 0.3) is 0 Å². The first-order chi connectivity index (χ1) is 10.6. The van der Waals surface area contributed by atoms with Crippen LogP contribution < -0.4 is 15.4 Å². The minimum atomic E-state index is -0.252. The lowest BCUT2D eigenvalue weighted by Crippen LogP contribution is -2.28. The topological polar surface area (TPSA) is 63.2 Å². The summed E-state index contributed by atoms with van der Waals surface area (Å²) in [7, 11) is 0. The molecule has 2 aromatic rings. The number of aryl methyl sites for hydroxylation is 2. The van der Waals surface area contributed by atoms with Gasteiger partial charge in [-0.25, -0.2) is 9.78 Å². The zero-order valence-electron chi connectivity index (χ0n) is 13.1. The summed E-state index contributed by atoms with van der Waals surface area (Å²) in [5, 5.41) is 5.67. The molecule has 0 aliphatic carbocycles. The summed E-state index contributed by atoms with van der Waals surface area (Å²) in [4.78, 5) is 16.2. The maximum absolute atomic E-state index is 12.0. The van der Waals surface area contributed by atoms with Crippen LogP contribution in [0.2, 0.25) is 0 Å². The molecule has 0 aliphatic heterocycles. The second kappa shape index (κ2) is 7.45. The molecule has 0 radical (unpaired) electrons. The number of anilines is 1. The smallest absolute Gasteiger partial charge is 0.319 e. The molecule has 2 amide bonds. The van der Waals surface area contributed by atoms with E-state index >= 15 is 0 Å².